The quantitative estimate of drug-likeness (QED) is 0.437. The Morgan fingerprint density at radius 3 is 2.65 bits per heavy atom. The molecule has 0 rings (SSSR count). The maximum Gasteiger partial charge on any atom is 0.322 e. The highest BCUT2D eigenvalue weighted by Crippen LogP contribution is 2.09. The van der Waals surface area contributed by atoms with Crippen LogP contribution in [0.5, 0.6) is 0 Å². The minimum Gasteiger partial charge on any atom is -0.465 e. The van der Waals surface area contributed by atoms with Crippen molar-refractivity contribution in [3.8, 4) is 0 Å². The molecule has 102 valence electrons. The largest absolute Gasteiger partial charge is 0.465 e. The van der Waals surface area contributed by atoms with E-state index in [-0.39, 0.29) is 5.97 Å². The van der Waals surface area contributed by atoms with Crippen LogP contribution in [0.1, 0.15) is 39.0 Å². The van der Waals surface area contributed by atoms with Crippen LogP contribution >= 0.6 is 11.8 Å². The van der Waals surface area contributed by atoms with E-state index >= 15 is 0 Å². The summed E-state index contributed by atoms with van der Waals surface area (Å²) in [7, 11) is 0. The van der Waals surface area contributed by atoms with Crippen molar-refractivity contribution in [3.63, 3.8) is 0 Å². The number of carbonyl (C=O) groups excluding carboxylic acids is 1. The third-order valence-electron chi connectivity index (χ3n) is 2.36. The molecule has 0 amide bonds. The fourth-order valence-electron chi connectivity index (χ4n) is 1.35. The summed E-state index contributed by atoms with van der Waals surface area (Å²) in [4.78, 5) is 11.2. The van der Waals surface area contributed by atoms with Crippen LogP contribution in [0.15, 0.2) is 0 Å². The molecule has 0 aliphatic rings. The number of hydrogen-bond donors (Lipinski definition) is 2. The van der Waals surface area contributed by atoms with Crippen LogP contribution < -0.4 is 5.73 Å². The normalized spacial score (nSPS) is 12.4. The highest BCUT2D eigenvalue weighted by molar-refractivity contribution is 7.99. The zero-order valence-corrected chi connectivity index (χ0v) is 11.5. The number of thioether (sulfide) groups is 1. The summed E-state index contributed by atoms with van der Waals surface area (Å²) in [5, 5.41) is 8.60. The highest BCUT2D eigenvalue weighted by Gasteiger charge is 2.13. The van der Waals surface area contributed by atoms with E-state index in [0.29, 0.717) is 19.6 Å². The van der Waals surface area contributed by atoms with Crippen molar-refractivity contribution in [1.29, 1.82) is 0 Å². The van der Waals surface area contributed by atoms with Crippen molar-refractivity contribution in [2.75, 3.05) is 24.7 Å². The lowest BCUT2D eigenvalue weighted by molar-refractivity contribution is -0.144. The summed E-state index contributed by atoms with van der Waals surface area (Å²) in [5.74, 6) is 1.71. The average Bonchev–Trinajstić information content (AvgIpc) is 2.32. The number of hydrogen-bond acceptors (Lipinski definition) is 5. The molecular formula is C12H25NO3S. The first-order chi connectivity index (χ1) is 8.22. The molecule has 0 radical (unpaired) electrons. The summed E-state index contributed by atoms with van der Waals surface area (Å²) in [5.41, 5.74) is 5.67. The van der Waals surface area contributed by atoms with Gasteiger partial charge in [-0.15, -0.1) is 0 Å². The van der Waals surface area contributed by atoms with Crippen molar-refractivity contribution < 1.29 is 14.6 Å². The van der Waals surface area contributed by atoms with Crippen LogP contribution in [0, 0.1) is 0 Å². The zero-order valence-electron chi connectivity index (χ0n) is 10.7. The molecule has 0 bridgehead atoms. The zero-order chi connectivity index (χ0) is 12.9. The first kappa shape index (κ1) is 16.7. The molecule has 0 aromatic carbocycles. The SMILES string of the molecule is CCOC(=O)C(N)CCSCCCCCCO. The second-order valence-corrected chi connectivity index (χ2v) is 5.12. The monoisotopic (exact) mass is 263 g/mol. The predicted octanol–water partition coefficient (Wildman–Crippen LogP) is 1.55. The van der Waals surface area contributed by atoms with E-state index in [0.717, 1.165) is 30.8 Å². The lowest BCUT2D eigenvalue weighted by atomic mass is 10.2. The smallest absolute Gasteiger partial charge is 0.322 e. The molecule has 0 saturated carbocycles. The Hall–Kier alpha value is -0.260. The van der Waals surface area contributed by atoms with Crippen molar-refractivity contribution in [3.05, 3.63) is 0 Å². The molecule has 0 aliphatic heterocycles. The standard InChI is InChI=1S/C12H25NO3S/c1-2-16-12(15)11(13)7-10-17-9-6-4-3-5-8-14/h11,14H,2-10,13H2,1H3. The summed E-state index contributed by atoms with van der Waals surface area (Å²) >= 11 is 1.82. The highest BCUT2D eigenvalue weighted by atomic mass is 32.2. The summed E-state index contributed by atoms with van der Waals surface area (Å²) < 4.78 is 4.83. The van der Waals surface area contributed by atoms with E-state index in [1.54, 1.807) is 6.92 Å². The van der Waals surface area contributed by atoms with Gasteiger partial charge in [0.2, 0.25) is 0 Å². The second-order valence-electron chi connectivity index (χ2n) is 3.90. The third kappa shape index (κ3) is 10.6. The number of esters is 1. The van der Waals surface area contributed by atoms with Crippen LogP contribution in [-0.4, -0.2) is 41.8 Å². The minimum absolute atomic E-state index is 0.293. The van der Waals surface area contributed by atoms with Gasteiger partial charge >= 0.3 is 5.97 Å². The van der Waals surface area contributed by atoms with Gasteiger partial charge in [-0.05, 0) is 37.7 Å². The van der Waals surface area contributed by atoms with Gasteiger partial charge in [-0.25, -0.2) is 0 Å². The Balaban J connectivity index is 3.24. The second kappa shape index (κ2) is 12.2. The van der Waals surface area contributed by atoms with E-state index in [1.165, 1.54) is 6.42 Å². The Morgan fingerprint density at radius 1 is 1.29 bits per heavy atom. The van der Waals surface area contributed by atoms with Crippen LogP contribution in [0.3, 0.4) is 0 Å². The van der Waals surface area contributed by atoms with E-state index in [1.807, 2.05) is 11.8 Å². The van der Waals surface area contributed by atoms with Crippen LogP contribution in [0.25, 0.3) is 0 Å². The molecule has 1 unspecified atom stereocenters. The van der Waals surface area contributed by atoms with Crippen LogP contribution in [-0.2, 0) is 9.53 Å². The first-order valence-corrected chi connectivity index (χ1v) is 7.48. The molecule has 0 spiro atoms. The van der Waals surface area contributed by atoms with E-state index in [2.05, 4.69) is 0 Å². The first-order valence-electron chi connectivity index (χ1n) is 6.33. The molecule has 0 aromatic heterocycles. The number of aliphatic hydroxyl groups excluding tert-OH is 1. The lowest BCUT2D eigenvalue weighted by Gasteiger charge is -2.09. The maximum absolute atomic E-state index is 11.2. The van der Waals surface area contributed by atoms with Crippen molar-refractivity contribution in [1.82, 2.24) is 0 Å². The molecule has 17 heavy (non-hydrogen) atoms. The van der Waals surface area contributed by atoms with Crippen LogP contribution in [0.4, 0.5) is 0 Å². The van der Waals surface area contributed by atoms with Gasteiger partial charge in [-0.3, -0.25) is 4.79 Å². The predicted molar refractivity (Wildman–Crippen MR) is 72.1 cm³/mol. The van der Waals surface area contributed by atoms with Gasteiger partial charge in [-0.1, -0.05) is 12.8 Å². The number of unbranched alkanes of at least 4 members (excludes halogenated alkanes) is 3. The van der Waals surface area contributed by atoms with E-state index in [4.69, 9.17) is 15.6 Å². The Bertz CT molecular complexity index is 191. The summed E-state index contributed by atoms with van der Waals surface area (Å²) in [6, 6.07) is -0.475. The summed E-state index contributed by atoms with van der Waals surface area (Å²) in [6.07, 6.45) is 5.01. The van der Waals surface area contributed by atoms with E-state index in [9.17, 15) is 4.79 Å². The molecule has 3 N–H and O–H groups in total. The topological polar surface area (TPSA) is 72.5 Å². The van der Waals surface area contributed by atoms with Gasteiger partial charge in [0.25, 0.3) is 0 Å². The molecule has 0 heterocycles. The third-order valence-corrected chi connectivity index (χ3v) is 3.46. The van der Waals surface area contributed by atoms with Gasteiger partial charge in [0.15, 0.2) is 0 Å². The molecule has 0 aliphatic carbocycles. The molecule has 0 fully saturated rings. The molecule has 5 heteroatoms. The minimum atomic E-state index is -0.475. The summed E-state index contributed by atoms with van der Waals surface area (Å²) in [6.45, 7) is 2.47. The molecule has 4 nitrogen and oxygen atoms in total. The van der Waals surface area contributed by atoms with Gasteiger partial charge in [-0.2, -0.15) is 11.8 Å². The van der Waals surface area contributed by atoms with Gasteiger partial charge < -0.3 is 15.6 Å². The number of ether oxygens (including phenoxy) is 1. The molecule has 0 aromatic rings. The average molecular weight is 263 g/mol. The van der Waals surface area contributed by atoms with Gasteiger partial charge in [0.1, 0.15) is 6.04 Å². The number of rotatable bonds is 11. The van der Waals surface area contributed by atoms with Crippen LogP contribution in [0.2, 0.25) is 0 Å². The number of aliphatic hydroxyl groups is 1. The molecule has 1 atom stereocenters. The molecule has 0 saturated heterocycles. The fourth-order valence-corrected chi connectivity index (χ4v) is 2.38. The number of nitrogens with two attached hydrogens (primary N) is 1. The van der Waals surface area contributed by atoms with Gasteiger partial charge in [0.05, 0.1) is 6.61 Å². The van der Waals surface area contributed by atoms with Crippen molar-refractivity contribution in [2.24, 2.45) is 5.73 Å². The lowest BCUT2D eigenvalue weighted by Crippen LogP contribution is -2.32. The van der Waals surface area contributed by atoms with Crippen molar-refractivity contribution in [2.45, 2.75) is 45.1 Å². The van der Waals surface area contributed by atoms with Crippen molar-refractivity contribution >= 4 is 17.7 Å². The Labute approximate surface area is 108 Å². The van der Waals surface area contributed by atoms with E-state index < -0.39 is 6.04 Å². The Kier molecular flexibility index (Phi) is 12.0. The number of carbonyl (C=O) groups is 1. The Morgan fingerprint density at radius 2 is 2.00 bits per heavy atom. The maximum atomic E-state index is 11.2. The van der Waals surface area contributed by atoms with Gasteiger partial charge in [0, 0.05) is 6.61 Å². The molecular weight excluding hydrogens is 238 g/mol. The fraction of sp³-hybridized carbons (Fsp3) is 0.917.